The van der Waals surface area contributed by atoms with Gasteiger partial charge in [0.25, 0.3) is 5.91 Å². The first-order valence-corrected chi connectivity index (χ1v) is 5.24. The van der Waals surface area contributed by atoms with Crippen LogP contribution in [0.15, 0.2) is 0 Å². The van der Waals surface area contributed by atoms with Gasteiger partial charge in [0.05, 0.1) is 0 Å². The molecule has 1 heterocycles. The highest BCUT2D eigenvalue weighted by Gasteiger charge is 2.48. The zero-order chi connectivity index (χ0) is 11.0. The van der Waals surface area contributed by atoms with Crippen molar-refractivity contribution in [2.45, 2.75) is 38.3 Å². The van der Waals surface area contributed by atoms with E-state index in [0.29, 0.717) is 0 Å². The largest absolute Gasteiger partial charge is 0.327 e. The molecule has 2 aliphatic rings. The number of rotatable bonds is 4. The second-order valence-corrected chi connectivity index (χ2v) is 4.04. The Labute approximate surface area is 88.0 Å². The Kier molecular flexibility index (Phi) is 2.46. The molecule has 5 heteroatoms. The van der Waals surface area contributed by atoms with E-state index < -0.39 is 0 Å². The number of amides is 3. The third-order valence-corrected chi connectivity index (χ3v) is 2.90. The van der Waals surface area contributed by atoms with Crippen molar-refractivity contribution in [2.24, 2.45) is 0 Å². The second kappa shape index (κ2) is 3.64. The molecular formula is C10H14N2O3. The van der Waals surface area contributed by atoms with Crippen LogP contribution in [-0.4, -0.2) is 46.7 Å². The maximum Gasteiger partial charge on any atom is 0.327 e. The van der Waals surface area contributed by atoms with Gasteiger partial charge in [0, 0.05) is 19.0 Å². The molecule has 0 aromatic heterocycles. The van der Waals surface area contributed by atoms with E-state index in [-0.39, 0.29) is 37.0 Å². The maximum atomic E-state index is 11.8. The Morgan fingerprint density at radius 3 is 2.60 bits per heavy atom. The molecule has 15 heavy (non-hydrogen) atoms. The number of hydrogen-bond donors (Lipinski definition) is 0. The van der Waals surface area contributed by atoms with E-state index in [1.165, 1.54) is 4.90 Å². The van der Waals surface area contributed by atoms with Crippen molar-refractivity contribution in [1.29, 1.82) is 0 Å². The van der Waals surface area contributed by atoms with Crippen LogP contribution in [0.3, 0.4) is 0 Å². The Balaban J connectivity index is 2.09. The fraction of sp³-hybridized carbons (Fsp3) is 0.700. The fourth-order valence-corrected chi connectivity index (χ4v) is 1.96. The highest BCUT2D eigenvalue weighted by molar-refractivity contribution is 6.04. The molecule has 82 valence electrons. The van der Waals surface area contributed by atoms with Gasteiger partial charge in [-0.1, -0.05) is 0 Å². The lowest BCUT2D eigenvalue weighted by molar-refractivity contribution is -0.128. The lowest BCUT2D eigenvalue weighted by atomic mass is 10.3. The zero-order valence-corrected chi connectivity index (χ0v) is 8.68. The van der Waals surface area contributed by atoms with Gasteiger partial charge in [-0.05, 0) is 19.8 Å². The summed E-state index contributed by atoms with van der Waals surface area (Å²) in [4.78, 5) is 36.6. The summed E-state index contributed by atoms with van der Waals surface area (Å²) in [5, 5.41) is 0. The van der Waals surface area contributed by atoms with E-state index in [1.807, 2.05) is 0 Å². The summed E-state index contributed by atoms with van der Waals surface area (Å²) < 4.78 is 0. The smallest absolute Gasteiger partial charge is 0.310 e. The minimum Gasteiger partial charge on any atom is -0.310 e. The molecule has 0 bridgehead atoms. The predicted octanol–water partition coefficient (Wildman–Crippen LogP) is 0.390. The molecule has 0 N–H and O–H groups in total. The summed E-state index contributed by atoms with van der Waals surface area (Å²) in [5.74, 6) is -0.172. The quantitative estimate of drug-likeness (QED) is 0.498. The van der Waals surface area contributed by atoms with E-state index in [4.69, 9.17) is 0 Å². The Morgan fingerprint density at radius 1 is 1.40 bits per heavy atom. The molecule has 0 aromatic carbocycles. The first kappa shape index (κ1) is 10.1. The van der Waals surface area contributed by atoms with Gasteiger partial charge in [0.2, 0.25) is 0 Å². The molecule has 1 aliphatic heterocycles. The van der Waals surface area contributed by atoms with Crippen molar-refractivity contribution in [2.75, 3.05) is 6.54 Å². The Hall–Kier alpha value is -1.39. The Morgan fingerprint density at radius 2 is 2.07 bits per heavy atom. The zero-order valence-electron chi connectivity index (χ0n) is 8.68. The van der Waals surface area contributed by atoms with Crippen LogP contribution in [0, 0.1) is 0 Å². The van der Waals surface area contributed by atoms with Crippen molar-refractivity contribution < 1.29 is 14.4 Å². The summed E-state index contributed by atoms with van der Waals surface area (Å²) in [6.07, 6.45) is 2.93. The summed E-state index contributed by atoms with van der Waals surface area (Å²) in [5.41, 5.74) is 0. The van der Waals surface area contributed by atoms with Crippen molar-refractivity contribution in [3.05, 3.63) is 0 Å². The first-order chi connectivity index (χ1) is 7.16. The summed E-state index contributed by atoms with van der Waals surface area (Å²) >= 11 is 0. The lowest BCUT2D eigenvalue weighted by Gasteiger charge is -2.17. The molecule has 1 unspecified atom stereocenters. The van der Waals surface area contributed by atoms with Gasteiger partial charge in [-0.2, -0.15) is 0 Å². The van der Waals surface area contributed by atoms with Gasteiger partial charge in [-0.25, -0.2) is 4.79 Å². The topological polar surface area (TPSA) is 57.7 Å². The molecular weight excluding hydrogens is 196 g/mol. The van der Waals surface area contributed by atoms with Crippen LogP contribution in [0.1, 0.15) is 26.2 Å². The van der Waals surface area contributed by atoms with Gasteiger partial charge >= 0.3 is 6.03 Å². The van der Waals surface area contributed by atoms with Crippen molar-refractivity contribution in [3.8, 4) is 0 Å². The second-order valence-electron chi connectivity index (χ2n) is 4.04. The number of imide groups is 1. The number of nitrogens with zero attached hydrogens (tertiary/aromatic N) is 2. The number of aldehydes is 1. The fourth-order valence-electron chi connectivity index (χ4n) is 1.96. The molecule has 1 saturated carbocycles. The van der Waals surface area contributed by atoms with Crippen molar-refractivity contribution in [3.63, 3.8) is 0 Å². The summed E-state index contributed by atoms with van der Waals surface area (Å²) in [6.45, 7) is 1.97. The molecule has 1 aliphatic carbocycles. The molecule has 0 radical (unpaired) electrons. The number of urea groups is 1. The highest BCUT2D eigenvalue weighted by atomic mass is 16.2. The Bertz CT molecular complexity index is 312. The van der Waals surface area contributed by atoms with E-state index in [0.717, 1.165) is 19.1 Å². The van der Waals surface area contributed by atoms with Crippen LogP contribution in [0.4, 0.5) is 4.79 Å². The van der Waals surface area contributed by atoms with E-state index in [9.17, 15) is 14.4 Å². The molecule has 2 rings (SSSR count). The van der Waals surface area contributed by atoms with E-state index in [1.54, 1.807) is 11.8 Å². The van der Waals surface area contributed by atoms with Gasteiger partial charge in [0.15, 0.2) is 0 Å². The minimum atomic E-state index is -0.350. The van der Waals surface area contributed by atoms with Crippen LogP contribution < -0.4 is 0 Å². The van der Waals surface area contributed by atoms with Crippen LogP contribution in [-0.2, 0) is 9.59 Å². The lowest BCUT2D eigenvalue weighted by Crippen LogP contribution is -2.35. The van der Waals surface area contributed by atoms with Gasteiger partial charge in [-0.3, -0.25) is 9.69 Å². The average molecular weight is 210 g/mol. The predicted molar refractivity (Wildman–Crippen MR) is 52.1 cm³/mol. The number of carbonyl (C=O) groups is 3. The van der Waals surface area contributed by atoms with Crippen molar-refractivity contribution in [1.82, 2.24) is 9.80 Å². The number of carbonyl (C=O) groups excluding carboxylic acids is 3. The minimum absolute atomic E-state index is 0.172. The summed E-state index contributed by atoms with van der Waals surface area (Å²) in [6, 6.07) is -0.328. The first-order valence-electron chi connectivity index (χ1n) is 5.24. The van der Waals surface area contributed by atoms with Crippen LogP contribution in [0.5, 0.6) is 0 Å². The van der Waals surface area contributed by atoms with E-state index in [2.05, 4.69) is 0 Å². The molecule has 5 nitrogen and oxygen atoms in total. The average Bonchev–Trinajstić information content (AvgIpc) is 2.99. The van der Waals surface area contributed by atoms with E-state index >= 15 is 0 Å². The maximum absolute atomic E-state index is 11.8. The van der Waals surface area contributed by atoms with Crippen molar-refractivity contribution >= 4 is 18.2 Å². The normalized spacial score (nSPS) is 26.3. The highest BCUT2D eigenvalue weighted by Crippen LogP contribution is 2.33. The van der Waals surface area contributed by atoms with Gasteiger partial charge in [0.1, 0.15) is 12.3 Å². The standard InChI is InChI=1S/C10H14N2O3/c1-7-9(14)11(5-2-6-13)10(15)12(7)8-3-4-8/h6-8H,2-5H2,1H3. The third kappa shape index (κ3) is 1.62. The molecule has 0 aromatic rings. The molecule has 1 atom stereocenters. The molecule has 1 saturated heterocycles. The molecule has 3 amide bonds. The van der Waals surface area contributed by atoms with Crippen LogP contribution in [0.25, 0.3) is 0 Å². The monoisotopic (exact) mass is 210 g/mol. The third-order valence-electron chi connectivity index (χ3n) is 2.90. The molecule has 2 fully saturated rings. The van der Waals surface area contributed by atoms with Gasteiger partial charge in [-0.15, -0.1) is 0 Å². The van der Waals surface area contributed by atoms with Crippen LogP contribution >= 0.6 is 0 Å². The SMILES string of the molecule is CC1C(=O)N(CCC=O)C(=O)N1C1CC1. The summed E-state index contributed by atoms with van der Waals surface area (Å²) in [7, 11) is 0. The number of hydrogen-bond acceptors (Lipinski definition) is 3. The molecule has 0 spiro atoms. The van der Waals surface area contributed by atoms with Gasteiger partial charge < -0.3 is 9.69 Å². The van der Waals surface area contributed by atoms with Crippen LogP contribution in [0.2, 0.25) is 0 Å².